The second-order valence-electron chi connectivity index (χ2n) is 4.84. The lowest BCUT2D eigenvalue weighted by molar-refractivity contribution is 0.705. The number of hydrogen-bond donors (Lipinski definition) is 1. The van der Waals surface area contributed by atoms with E-state index in [1.807, 2.05) is 12.1 Å². The van der Waals surface area contributed by atoms with E-state index in [-0.39, 0.29) is 0 Å². The summed E-state index contributed by atoms with van der Waals surface area (Å²) in [7, 11) is 0. The molecule has 2 heteroatoms. The van der Waals surface area contributed by atoms with Gasteiger partial charge < -0.3 is 5.73 Å². The summed E-state index contributed by atoms with van der Waals surface area (Å²) in [5.41, 5.74) is 10.8. The number of aryl methyl sites for hydroxylation is 2. The summed E-state index contributed by atoms with van der Waals surface area (Å²) in [6.45, 7) is 0. The van der Waals surface area contributed by atoms with Crippen molar-refractivity contribution in [1.82, 2.24) is 0 Å². The molecular weight excluding hydrogens is 298 g/mol. The molecule has 1 aliphatic carbocycles. The van der Waals surface area contributed by atoms with Crippen LogP contribution in [-0.2, 0) is 18.4 Å². The van der Waals surface area contributed by atoms with E-state index in [0.29, 0.717) is 0 Å². The van der Waals surface area contributed by atoms with Gasteiger partial charge in [-0.15, -0.1) is 0 Å². The molecule has 0 fully saturated rings. The molecule has 0 amide bonds. The van der Waals surface area contributed by atoms with Crippen LogP contribution >= 0.6 is 15.9 Å². The third-order valence-corrected chi connectivity index (χ3v) is 3.99. The van der Waals surface area contributed by atoms with Gasteiger partial charge in [0, 0.05) is 15.9 Å². The van der Waals surface area contributed by atoms with E-state index < -0.39 is 5.54 Å². The lowest BCUT2D eigenvalue weighted by Gasteiger charge is -2.26. The minimum atomic E-state index is -0.729. The predicted molar refractivity (Wildman–Crippen MR) is 82.0 cm³/mol. The normalized spacial score (nSPS) is 15.5. The quantitative estimate of drug-likeness (QED) is 0.742. The van der Waals surface area contributed by atoms with Crippen LogP contribution in [0.5, 0.6) is 0 Å². The van der Waals surface area contributed by atoms with E-state index in [1.54, 1.807) is 0 Å². The van der Waals surface area contributed by atoms with Gasteiger partial charge in [0.25, 0.3) is 0 Å². The average Bonchev–Trinajstić information content (AvgIpc) is 2.57. The summed E-state index contributed by atoms with van der Waals surface area (Å²) in [4.78, 5) is 2.82. The van der Waals surface area contributed by atoms with Gasteiger partial charge in [-0.25, -0.2) is 0 Å². The highest BCUT2D eigenvalue weighted by Gasteiger charge is 2.33. The van der Waals surface area contributed by atoms with Crippen molar-refractivity contribution in [3.05, 3.63) is 70.8 Å². The average molecular weight is 312 g/mol. The van der Waals surface area contributed by atoms with E-state index in [2.05, 4.69) is 63.1 Å². The molecule has 0 radical (unpaired) electrons. The molecule has 94 valence electrons. The van der Waals surface area contributed by atoms with Gasteiger partial charge in [-0.1, -0.05) is 54.5 Å². The maximum absolute atomic E-state index is 6.69. The molecule has 19 heavy (non-hydrogen) atoms. The largest absolute Gasteiger partial charge is 0.308 e. The summed E-state index contributed by atoms with van der Waals surface area (Å²) in [6.07, 6.45) is 2.02. The van der Waals surface area contributed by atoms with Crippen LogP contribution in [0, 0.1) is 10.8 Å². The third kappa shape index (κ3) is 2.00. The van der Waals surface area contributed by atoms with Crippen LogP contribution < -0.4 is 5.73 Å². The van der Waals surface area contributed by atoms with Crippen molar-refractivity contribution >= 4 is 15.9 Å². The first kappa shape index (κ1) is 12.5. The Hall–Kier alpha value is -1.56. The molecule has 0 saturated carbocycles. The van der Waals surface area contributed by atoms with Crippen LogP contribution in [0.1, 0.15) is 22.3 Å². The fourth-order valence-corrected chi connectivity index (χ4v) is 3.18. The van der Waals surface area contributed by atoms with Gasteiger partial charge in [0.05, 0.1) is 0 Å². The van der Waals surface area contributed by atoms with E-state index in [9.17, 15) is 0 Å². The van der Waals surface area contributed by atoms with Crippen LogP contribution in [0.3, 0.4) is 0 Å². The molecule has 0 spiro atoms. The Morgan fingerprint density at radius 1 is 0.895 bits per heavy atom. The molecule has 0 bridgehead atoms. The number of halogens is 1. The smallest absolute Gasteiger partial charge is 0.130 e. The first-order valence-corrected chi connectivity index (χ1v) is 7.13. The summed E-state index contributed by atoms with van der Waals surface area (Å²) in [5.74, 6) is 3.16. The number of benzene rings is 2. The summed E-state index contributed by atoms with van der Waals surface area (Å²) >= 11 is 3.21. The third-order valence-electron chi connectivity index (χ3n) is 3.79. The highest BCUT2D eigenvalue weighted by atomic mass is 79.9. The minimum absolute atomic E-state index is 0.729. The SMILES string of the molecule is NC1(C#CBr)c2ccccc2CCc2ccccc21. The van der Waals surface area contributed by atoms with E-state index >= 15 is 0 Å². The van der Waals surface area contributed by atoms with E-state index in [4.69, 9.17) is 5.73 Å². The maximum atomic E-state index is 6.69. The van der Waals surface area contributed by atoms with Gasteiger partial charge in [-0.3, -0.25) is 0 Å². The molecule has 0 aliphatic heterocycles. The van der Waals surface area contributed by atoms with Crippen molar-refractivity contribution in [2.24, 2.45) is 5.73 Å². The van der Waals surface area contributed by atoms with Crippen molar-refractivity contribution in [3.63, 3.8) is 0 Å². The molecule has 0 saturated heterocycles. The van der Waals surface area contributed by atoms with Crippen LogP contribution in [0.25, 0.3) is 0 Å². The highest BCUT2D eigenvalue weighted by Crippen LogP contribution is 2.35. The van der Waals surface area contributed by atoms with Crippen LogP contribution in [-0.4, -0.2) is 0 Å². The Bertz CT molecular complexity index is 631. The summed E-state index contributed by atoms with van der Waals surface area (Å²) < 4.78 is 0. The van der Waals surface area contributed by atoms with Crippen molar-refractivity contribution in [2.75, 3.05) is 0 Å². The van der Waals surface area contributed by atoms with Crippen molar-refractivity contribution in [2.45, 2.75) is 18.4 Å². The minimum Gasteiger partial charge on any atom is -0.308 e. The zero-order chi connectivity index (χ0) is 13.3. The topological polar surface area (TPSA) is 26.0 Å². The van der Waals surface area contributed by atoms with E-state index in [0.717, 1.165) is 24.0 Å². The molecule has 2 aromatic rings. The standard InChI is InChI=1S/C17H14BrN/c18-12-11-17(19)15-7-3-1-5-13(15)9-10-14-6-2-4-8-16(14)17/h1-8H,9-10,19H2. The number of fused-ring (bicyclic) bond motifs is 2. The van der Waals surface area contributed by atoms with Crippen molar-refractivity contribution in [1.29, 1.82) is 0 Å². The molecule has 2 N–H and O–H groups in total. The van der Waals surface area contributed by atoms with Crippen LogP contribution in [0.2, 0.25) is 0 Å². The maximum Gasteiger partial charge on any atom is 0.130 e. The van der Waals surface area contributed by atoms with Gasteiger partial charge in [-0.05, 0) is 39.9 Å². The van der Waals surface area contributed by atoms with Gasteiger partial charge in [0.2, 0.25) is 0 Å². The molecule has 0 heterocycles. The van der Waals surface area contributed by atoms with Crippen LogP contribution in [0.4, 0.5) is 0 Å². The molecular formula is C17H14BrN. The number of nitrogens with two attached hydrogens (primary N) is 1. The fourth-order valence-electron chi connectivity index (χ4n) is 2.87. The second-order valence-corrected chi connectivity index (χ2v) is 5.24. The zero-order valence-electron chi connectivity index (χ0n) is 10.5. The Labute approximate surface area is 122 Å². The predicted octanol–water partition coefficient (Wildman–Crippen LogP) is 3.34. The lowest BCUT2D eigenvalue weighted by Crippen LogP contribution is -2.37. The van der Waals surface area contributed by atoms with Crippen molar-refractivity contribution in [3.8, 4) is 10.8 Å². The molecule has 2 aromatic carbocycles. The number of hydrogen-bond acceptors (Lipinski definition) is 1. The second kappa shape index (κ2) is 4.85. The summed E-state index contributed by atoms with van der Waals surface area (Å²) in [5, 5.41) is 0. The Balaban J connectivity index is 2.34. The number of rotatable bonds is 0. The lowest BCUT2D eigenvalue weighted by atomic mass is 9.82. The Kier molecular flexibility index (Phi) is 3.18. The van der Waals surface area contributed by atoms with Gasteiger partial charge in [0.1, 0.15) is 5.54 Å². The molecule has 1 nitrogen and oxygen atoms in total. The van der Waals surface area contributed by atoms with Gasteiger partial charge in [0.15, 0.2) is 0 Å². The molecule has 0 atom stereocenters. The Morgan fingerprint density at radius 2 is 1.37 bits per heavy atom. The first-order valence-electron chi connectivity index (χ1n) is 6.34. The van der Waals surface area contributed by atoms with Crippen LogP contribution in [0.15, 0.2) is 48.5 Å². The fraction of sp³-hybridized carbons (Fsp3) is 0.176. The van der Waals surface area contributed by atoms with Crippen molar-refractivity contribution < 1.29 is 0 Å². The molecule has 0 unspecified atom stereocenters. The summed E-state index contributed by atoms with van der Waals surface area (Å²) in [6, 6.07) is 16.7. The van der Waals surface area contributed by atoms with Gasteiger partial charge in [-0.2, -0.15) is 0 Å². The monoisotopic (exact) mass is 311 g/mol. The first-order chi connectivity index (χ1) is 9.25. The highest BCUT2D eigenvalue weighted by molar-refractivity contribution is 9.12. The molecule has 3 rings (SSSR count). The Morgan fingerprint density at radius 3 is 1.84 bits per heavy atom. The molecule has 1 aliphatic rings. The van der Waals surface area contributed by atoms with E-state index in [1.165, 1.54) is 11.1 Å². The zero-order valence-corrected chi connectivity index (χ0v) is 12.1. The molecule has 0 aromatic heterocycles. The van der Waals surface area contributed by atoms with Gasteiger partial charge >= 0.3 is 0 Å².